The number of amides is 2. The summed E-state index contributed by atoms with van der Waals surface area (Å²) in [6.45, 7) is 0. The van der Waals surface area contributed by atoms with Gasteiger partial charge in [0.05, 0.1) is 21.8 Å². The molecule has 1 saturated heterocycles. The summed E-state index contributed by atoms with van der Waals surface area (Å²) in [4.78, 5) is 29.6. The number of hydrogen-bond donors (Lipinski definition) is 0. The van der Waals surface area contributed by atoms with E-state index >= 15 is 0 Å². The van der Waals surface area contributed by atoms with Crippen LogP contribution in [0, 0.1) is 11.8 Å². The summed E-state index contributed by atoms with van der Waals surface area (Å²) in [5.74, 6) is -0.0573. The van der Waals surface area contributed by atoms with E-state index in [1.165, 1.54) is 4.90 Å². The second-order valence-electron chi connectivity index (χ2n) is 10.5. The number of hydrogen-bond acceptors (Lipinski definition) is 3. The zero-order chi connectivity index (χ0) is 26.3. The van der Waals surface area contributed by atoms with E-state index < -0.39 is 16.2 Å². The van der Waals surface area contributed by atoms with Crippen LogP contribution in [0.4, 0.5) is 5.69 Å². The van der Waals surface area contributed by atoms with E-state index in [1.54, 1.807) is 12.1 Å². The average molecular weight is 572 g/mol. The normalized spacial score (nSPS) is 24.4. The first-order valence-electron chi connectivity index (χ1n) is 13.1. The molecule has 1 heterocycles. The van der Waals surface area contributed by atoms with Crippen molar-refractivity contribution < 1.29 is 14.3 Å². The monoisotopic (exact) mass is 571 g/mol. The summed E-state index contributed by atoms with van der Waals surface area (Å²) in [6.07, 6.45) is 0. The number of halogens is 1. The van der Waals surface area contributed by atoms with Gasteiger partial charge in [-0.15, -0.1) is 0 Å². The predicted molar refractivity (Wildman–Crippen MR) is 154 cm³/mol. The van der Waals surface area contributed by atoms with E-state index in [-0.39, 0.29) is 17.7 Å². The maximum atomic E-state index is 14.1. The Morgan fingerprint density at radius 2 is 1.28 bits per heavy atom. The minimum atomic E-state index is -0.751. The summed E-state index contributed by atoms with van der Waals surface area (Å²) in [7, 11) is 0. The number of carbonyl (C=O) groups is 2. The summed E-state index contributed by atoms with van der Waals surface area (Å²) in [5.41, 5.74) is 4.97. The van der Waals surface area contributed by atoms with Gasteiger partial charge in [-0.25, -0.2) is 4.90 Å². The van der Waals surface area contributed by atoms with Gasteiger partial charge in [0.2, 0.25) is 11.8 Å². The van der Waals surface area contributed by atoms with Crippen LogP contribution in [0.3, 0.4) is 0 Å². The second-order valence-corrected chi connectivity index (χ2v) is 11.7. The Labute approximate surface area is 234 Å². The SMILES string of the molecule is O=C1C2C3c4ccccc4C(Br)(c4ccccc43)C2C(=O)N1c1ccc(Oc2cccc3ccccc23)cc1. The maximum Gasteiger partial charge on any atom is 0.239 e. The van der Waals surface area contributed by atoms with Crippen LogP contribution >= 0.6 is 15.9 Å². The van der Waals surface area contributed by atoms with Crippen molar-refractivity contribution in [3.8, 4) is 11.5 Å². The zero-order valence-electron chi connectivity index (χ0n) is 20.8. The molecule has 0 N–H and O–H groups in total. The van der Waals surface area contributed by atoms with Crippen molar-refractivity contribution in [3.63, 3.8) is 0 Å². The second kappa shape index (κ2) is 8.14. The average Bonchev–Trinajstić information content (AvgIpc) is 3.25. The Balaban J connectivity index is 1.17. The van der Waals surface area contributed by atoms with Gasteiger partial charge in [0, 0.05) is 11.3 Å². The van der Waals surface area contributed by atoms with Crippen molar-refractivity contribution in [3.05, 3.63) is 138 Å². The van der Waals surface area contributed by atoms with E-state index in [4.69, 9.17) is 4.74 Å². The standard InChI is InChI=1S/C34H22BrNO3/c35-34-26-13-5-3-11-24(26)29(25-12-4-6-14-27(25)34)30-31(34)33(38)36(32(30)37)21-16-18-22(19-17-21)39-28-15-7-9-20-8-1-2-10-23(20)28/h1-19,29-31H. The first kappa shape index (κ1) is 22.7. The van der Waals surface area contributed by atoms with Gasteiger partial charge in [-0.3, -0.25) is 9.59 Å². The maximum absolute atomic E-state index is 14.1. The molecule has 1 fully saturated rings. The van der Waals surface area contributed by atoms with Gasteiger partial charge in [0.25, 0.3) is 0 Å². The lowest BCUT2D eigenvalue weighted by atomic mass is 9.55. The van der Waals surface area contributed by atoms with Crippen LogP contribution in [0.15, 0.2) is 115 Å². The summed E-state index contributed by atoms with van der Waals surface area (Å²) < 4.78 is 5.45. The van der Waals surface area contributed by atoms with E-state index in [0.29, 0.717) is 11.4 Å². The molecule has 39 heavy (non-hydrogen) atoms. The number of benzene rings is 5. The lowest BCUT2D eigenvalue weighted by Gasteiger charge is -2.51. The Bertz CT molecular complexity index is 1780. The first-order chi connectivity index (χ1) is 19.1. The number of imide groups is 1. The van der Waals surface area contributed by atoms with E-state index in [9.17, 15) is 9.59 Å². The molecule has 4 nitrogen and oxygen atoms in total. The lowest BCUT2D eigenvalue weighted by Crippen LogP contribution is -2.50. The first-order valence-corrected chi connectivity index (χ1v) is 13.9. The van der Waals surface area contributed by atoms with Crippen LogP contribution in [0.25, 0.3) is 10.8 Å². The predicted octanol–water partition coefficient (Wildman–Crippen LogP) is 7.54. The third-order valence-corrected chi connectivity index (χ3v) is 9.93. The van der Waals surface area contributed by atoms with Crippen molar-refractivity contribution in [2.24, 2.45) is 11.8 Å². The molecule has 1 aliphatic heterocycles. The summed E-state index contributed by atoms with van der Waals surface area (Å²) >= 11 is 4.05. The summed E-state index contributed by atoms with van der Waals surface area (Å²) in [5, 5.41) is 2.12. The van der Waals surface area contributed by atoms with Gasteiger partial charge in [-0.2, -0.15) is 0 Å². The molecule has 0 saturated carbocycles. The minimum absolute atomic E-state index is 0.148. The lowest BCUT2D eigenvalue weighted by molar-refractivity contribution is -0.122. The number of ether oxygens (including phenoxy) is 1. The quantitative estimate of drug-likeness (QED) is 0.166. The molecule has 4 aliphatic rings. The Hall–Kier alpha value is -4.22. The molecule has 5 aromatic carbocycles. The number of nitrogens with zero attached hydrogens (tertiary/aromatic N) is 1. The highest BCUT2D eigenvalue weighted by Gasteiger charge is 2.67. The molecule has 5 aromatic rings. The Kier molecular flexibility index (Phi) is 4.74. The van der Waals surface area contributed by atoms with Gasteiger partial charge < -0.3 is 4.74 Å². The van der Waals surface area contributed by atoms with E-state index in [0.717, 1.165) is 38.8 Å². The number of carbonyl (C=O) groups excluding carboxylic acids is 2. The van der Waals surface area contributed by atoms with Crippen molar-refractivity contribution in [2.45, 2.75) is 10.2 Å². The van der Waals surface area contributed by atoms with Crippen LogP contribution in [0.5, 0.6) is 11.5 Å². The largest absolute Gasteiger partial charge is 0.457 e. The molecular formula is C34H22BrNO3. The van der Waals surface area contributed by atoms with Gasteiger partial charge in [0.15, 0.2) is 0 Å². The topological polar surface area (TPSA) is 46.6 Å². The molecule has 0 spiro atoms. The summed E-state index contributed by atoms with van der Waals surface area (Å²) in [6, 6.07) is 37.7. The van der Waals surface area contributed by atoms with Crippen molar-refractivity contribution in [1.82, 2.24) is 0 Å². The smallest absolute Gasteiger partial charge is 0.239 e. The minimum Gasteiger partial charge on any atom is -0.457 e. The van der Waals surface area contributed by atoms with Gasteiger partial charge in [0.1, 0.15) is 11.5 Å². The van der Waals surface area contributed by atoms with Crippen LogP contribution in [-0.4, -0.2) is 11.8 Å². The van der Waals surface area contributed by atoms with Gasteiger partial charge in [-0.1, -0.05) is 101 Å². The highest BCUT2D eigenvalue weighted by molar-refractivity contribution is 9.09. The van der Waals surface area contributed by atoms with E-state index in [2.05, 4.69) is 52.3 Å². The number of alkyl halides is 1. The number of rotatable bonds is 3. The number of fused-ring (bicyclic) bond motifs is 1. The third-order valence-electron chi connectivity index (χ3n) is 8.59. The molecule has 2 amide bonds. The van der Waals surface area contributed by atoms with Crippen LogP contribution in [0.1, 0.15) is 28.2 Å². The molecule has 3 aliphatic carbocycles. The van der Waals surface area contributed by atoms with Crippen LogP contribution < -0.4 is 9.64 Å². The fourth-order valence-electron chi connectivity index (χ4n) is 7.01. The van der Waals surface area contributed by atoms with Gasteiger partial charge in [-0.05, 0) is 58.0 Å². The molecule has 0 radical (unpaired) electrons. The van der Waals surface area contributed by atoms with Crippen molar-refractivity contribution in [2.75, 3.05) is 4.90 Å². The third kappa shape index (κ3) is 2.99. The van der Waals surface area contributed by atoms with E-state index in [1.807, 2.05) is 66.7 Å². The molecule has 2 unspecified atom stereocenters. The Morgan fingerprint density at radius 1 is 0.667 bits per heavy atom. The molecular weight excluding hydrogens is 550 g/mol. The fourth-order valence-corrected chi connectivity index (χ4v) is 8.21. The molecule has 188 valence electrons. The molecule has 9 rings (SSSR count). The number of anilines is 1. The molecule has 5 heteroatoms. The Morgan fingerprint density at radius 3 is 2.00 bits per heavy atom. The van der Waals surface area contributed by atoms with Crippen LogP contribution in [-0.2, 0) is 13.9 Å². The highest BCUT2D eigenvalue weighted by Crippen LogP contribution is 2.66. The molecule has 2 bridgehead atoms. The van der Waals surface area contributed by atoms with Crippen LogP contribution in [0.2, 0.25) is 0 Å². The molecule has 0 aromatic heterocycles. The fraction of sp³-hybridized carbons (Fsp3) is 0.118. The zero-order valence-corrected chi connectivity index (χ0v) is 22.3. The van der Waals surface area contributed by atoms with Crippen molar-refractivity contribution >= 4 is 44.2 Å². The van der Waals surface area contributed by atoms with Gasteiger partial charge >= 0.3 is 0 Å². The molecule has 2 atom stereocenters. The van der Waals surface area contributed by atoms with Crippen molar-refractivity contribution in [1.29, 1.82) is 0 Å². The highest BCUT2D eigenvalue weighted by atomic mass is 79.9.